The summed E-state index contributed by atoms with van der Waals surface area (Å²) >= 11 is 0. The molecule has 0 saturated carbocycles. The molecule has 1 heterocycles. The molecule has 24 heavy (non-hydrogen) atoms. The van der Waals surface area contributed by atoms with Gasteiger partial charge in [-0.2, -0.15) is 13.2 Å². The van der Waals surface area contributed by atoms with Crippen molar-refractivity contribution in [2.75, 3.05) is 0 Å². The molecule has 2 aromatic carbocycles. The van der Waals surface area contributed by atoms with Crippen LogP contribution in [0.2, 0.25) is 0 Å². The predicted octanol–water partition coefficient (Wildman–Crippen LogP) is 3.86. The number of aromatic amines is 1. The van der Waals surface area contributed by atoms with Crippen molar-refractivity contribution in [1.82, 2.24) is 9.97 Å². The normalized spacial score (nSPS) is 11.5. The number of carbonyl (C=O) groups excluding carboxylic acids is 1. The lowest BCUT2D eigenvalue weighted by atomic mass is 10.0. The molecule has 0 aliphatic carbocycles. The second kappa shape index (κ2) is 5.84. The number of hydrogen-bond acceptors (Lipinski definition) is 2. The smallest absolute Gasteiger partial charge is 0.366 e. The first-order chi connectivity index (χ1) is 11.4. The van der Waals surface area contributed by atoms with E-state index in [-0.39, 0.29) is 17.0 Å². The number of amides is 1. The average molecular weight is 331 g/mol. The fourth-order valence-corrected chi connectivity index (χ4v) is 2.32. The summed E-state index contributed by atoms with van der Waals surface area (Å²) in [5.41, 5.74) is 6.89. The molecular weight excluding hydrogens is 319 g/mol. The maximum Gasteiger partial charge on any atom is 0.449 e. The highest BCUT2D eigenvalue weighted by Crippen LogP contribution is 2.35. The molecule has 0 saturated heterocycles. The van der Waals surface area contributed by atoms with Crippen LogP contribution in [0.25, 0.3) is 22.5 Å². The van der Waals surface area contributed by atoms with Gasteiger partial charge < -0.3 is 10.7 Å². The van der Waals surface area contributed by atoms with Gasteiger partial charge >= 0.3 is 6.18 Å². The second-order valence-corrected chi connectivity index (χ2v) is 5.11. The highest BCUT2D eigenvalue weighted by Gasteiger charge is 2.36. The van der Waals surface area contributed by atoms with Crippen LogP contribution >= 0.6 is 0 Å². The average Bonchev–Trinajstić information content (AvgIpc) is 3.01. The zero-order valence-corrected chi connectivity index (χ0v) is 12.3. The topological polar surface area (TPSA) is 71.8 Å². The van der Waals surface area contributed by atoms with Crippen molar-refractivity contribution in [1.29, 1.82) is 0 Å². The number of H-pyrrole nitrogens is 1. The van der Waals surface area contributed by atoms with Crippen LogP contribution in [0.3, 0.4) is 0 Å². The van der Waals surface area contributed by atoms with Gasteiger partial charge in [0.1, 0.15) is 0 Å². The van der Waals surface area contributed by atoms with Crippen molar-refractivity contribution >= 4 is 5.91 Å². The zero-order valence-electron chi connectivity index (χ0n) is 12.3. The first kappa shape index (κ1) is 15.8. The summed E-state index contributed by atoms with van der Waals surface area (Å²) in [6.07, 6.45) is -4.59. The number of aromatic nitrogens is 2. The van der Waals surface area contributed by atoms with Crippen molar-refractivity contribution in [3.05, 3.63) is 66.0 Å². The number of rotatable bonds is 3. The number of nitrogens with zero attached hydrogens (tertiary/aromatic N) is 1. The van der Waals surface area contributed by atoms with E-state index in [1.807, 2.05) is 0 Å². The van der Waals surface area contributed by atoms with Crippen molar-refractivity contribution in [2.24, 2.45) is 5.73 Å². The standard InChI is InChI=1S/C17H12F3N3O/c18-17(19,20)16-22-13(10-4-2-1-3-5-10)14(23-16)11-6-8-12(9-7-11)15(21)24/h1-9H,(H2,21,24)(H,22,23). The van der Waals surface area contributed by atoms with Gasteiger partial charge in [0.05, 0.1) is 11.4 Å². The van der Waals surface area contributed by atoms with Crippen LogP contribution in [0.1, 0.15) is 16.2 Å². The number of hydrogen-bond donors (Lipinski definition) is 2. The fraction of sp³-hybridized carbons (Fsp3) is 0.0588. The molecule has 0 bridgehead atoms. The summed E-state index contributed by atoms with van der Waals surface area (Å²) in [4.78, 5) is 17.2. The largest absolute Gasteiger partial charge is 0.449 e. The highest BCUT2D eigenvalue weighted by atomic mass is 19.4. The number of halogens is 3. The predicted molar refractivity (Wildman–Crippen MR) is 83.0 cm³/mol. The monoisotopic (exact) mass is 331 g/mol. The number of carbonyl (C=O) groups is 1. The van der Waals surface area contributed by atoms with E-state index in [9.17, 15) is 18.0 Å². The zero-order chi connectivity index (χ0) is 17.3. The summed E-state index contributed by atoms with van der Waals surface area (Å²) in [5, 5.41) is 0. The summed E-state index contributed by atoms with van der Waals surface area (Å²) < 4.78 is 39.1. The molecule has 0 radical (unpaired) electrons. The first-order valence-electron chi connectivity index (χ1n) is 6.99. The number of nitrogens with one attached hydrogen (secondary N) is 1. The third kappa shape index (κ3) is 3.01. The van der Waals surface area contributed by atoms with Crippen LogP contribution in [0.15, 0.2) is 54.6 Å². The summed E-state index contributed by atoms with van der Waals surface area (Å²) in [5.74, 6) is -1.68. The van der Waals surface area contributed by atoms with Gasteiger partial charge in [0.25, 0.3) is 0 Å². The fourth-order valence-electron chi connectivity index (χ4n) is 2.32. The summed E-state index contributed by atoms with van der Waals surface area (Å²) in [7, 11) is 0. The maximum atomic E-state index is 13.0. The Labute approximate surface area is 135 Å². The molecule has 0 spiro atoms. The third-order valence-electron chi connectivity index (χ3n) is 3.48. The van der Waals surface area contributed by atoms with Crippen LogP contribution in [-0.2, 0) is 6.18 Å². The Morgan fingerprint density at radius 2 is 1.58 bits per heavy atom. The van der Waals surface area contributed by atoms with E-state index < -0.39 is 17.9 Å². The Bertz CT molecular complexity index is 868. The molecule has 7 heteroatoms. The minimum atomic E-state index is -4.59. The van der Waals surface area contributed by atoms with Gasteiger partial charge in [-0.25, -0.2) is 4.98 Å². The van der Waals surface area contributed by atoms with Gasteiger partial charge in [-0.3, -0.25) is 4.79 Å². The minimum Gasteiger partial charge on any atom is -0.366 e. The van der Waals surface area contributed by atoms with E-state index in [2.05, 4.69) is 9.97 Å². The Hall–Kier alpha value is -3.09. The summed E-state index contributed by atoms with van der Waals surface area (Å²) in [6, 6.07) is 14.5. The molecule has 3 rings (SSSR count). The molecule has 122 valence electrons. The number of alkyl halides is 3. The van der Waals surface area contributed by atoms with Crippen LogP contribution in [0.4, 0.5) is 13.2 Å². The number of imidazole rings is 1. The molecule has 1 amide bonds. The number of nitrogens with two attached hydrogens (primary N) is 1. The van der Waals surface area contributed by atoms with E-state index in [0.29, 0.717) is 11.1 Å². The van der Waals surface area contributed by atoms with Crippen LogP contribution in [0.5, 0.6) is 0 Å². The van der Waals surface area contributed by atoms with Crippen LogP contribution in [-0.4, -0.2) is 15.9 Å². The van der Waals surface area contributed by atoms with Gasteiger partial charge in [0, 0.05) is 16.7 Å². The Balaban J connectivity index is 2.15. The molecule has 3 N–H and O–H groups in total. The molecule has 0 unspecified atom stereocenters. The molecule has 1 aromatic heterocycles. The van der Waals surface area contributed by atoms with E-state index in [1.165, 1.54) is 24.3 Å². The van der Waals surface area contributed by atoms with Gasteiger partial charge in [-0.05, 0) is 12.1 Å². The van der Waals surface area contributed by atoms with Crippen molar-refractivity contribution in [3.63, 3.8) is 0 Å². The lowest BCUT2D eigenvalue weighted by Gasteiger charge is -2.04. The SMILES string of the molecule is NC(=O)c1ccc(-c2[nH]c(C(F)(F)F)nc2-c2ccccc2)cc1. The molecule has 0 fully saturated rings. The second-order valence-electron chi connectivity index (χ2n) is 5.11. The molecule has 4 nitrogen and oxygen atoms in total. The maximum absolute atomic E-state index is 13.0. The molecule has 0 aliphatic rings. The molecule has 0 aliphatic heterocycles. The number of benzene rings is 2. The van der Waals surface area contributed by atoms with Crippen LogP contribution < -0.4 is 5.73 Å². The first-order valence-corrected chi connectivity index (χ1v) is 6.99. The Morgan fingerprint density at radius 3 is 2.12 bits per heavy atom. The van der Waals surface area contributed by atoms with Gasteiger partial charge in [-0.15, -0.1) is 0 Å². The van der Waals surface area contributed by atoms with Gasteiger partial charge in [0.15, 0.2) is 0 Å². The lowest BCUT2D eigenvalue weighted by Crippen LogP contribution is -2.10. The van der Waals surface area contributed by atoms with E-state index in [1.54, 1.807) is 30.3 Å². The molecule has 3 aromatic rings. The highest BCUT2D eigenvalue weighted by molar-refractivity contribution is 5.93. The Morgan fingerprint density at radius 1 is 0.958 bits per heavy atom. The lowest BCUT2D eigenvalue weighted by molar-refractivity contribution is -0.144. The van der Waals surface area contributed by atoms with Crippen molar-refractivity contribution in [3.8, 4) is 22.5 Å². The Kier molecular flexibility index (Phi) is 3.84. The molecule has 0 atom stereocenters. The number of primary amides is 1. The van der Waals surface area contributed by atoms with E-state index in [4.69, 9.17) is 5.73 Å². The third-order valence-corrected chi connectivity index (χ3v) is 3.48. The van der Waals surface area contributed by atoms with Crippen molar-refractivity contribution < 1.29 is 18.0 Å². The van der Waals surface area contributed by atoms with E-state index in [0.717, 1.165) is 0 Å². The molecular formula is C17H12F3N3O. The van der Waals surface area contributed by atoms with Gasteiger partial charge in [0.2, 0.25) is 11.7 Å². The quantitative estimate of drug-likeness (QED) is 0.765. The summed E-state index contributed by atoms with van der Waals surface area (Å²) in [6.45, 7) is 0. The van der Waals surface area contributed by atoms with Crippen molar-refractivity contribution in [2.45, 2.75) is 6.18 Å². The van der Waals surface area contributed by atoms with Crippen LogP contribution in [0, 0.1) is 0 Å². The van der Waals surface area contributed by atoms with E-state index >= 15 is 0 Å². The van der Waals surface area contributed by atoms with Gasteiger partial charge in [-0.1, -0.05) is 42.5 Å². The minimum absolute atomic E-state index is 0.190.